The van der Waals surface area contributed by atoms with Gasteiger partial charge in [-0.1, -0.05) is 42.9 Å². The minimum absolute atomic E-state index is 0.300. The molecule has 96 valence electrons. The first-order valence-electron chi connectivity index (χ1n) is 6.98. The number of rotatable bonds is 2. The van der Waals surface area contributed by atoms with Crippen molar-refractivity contribution in [1.82, 2.24) is 0 Å². The normalized spacial score (nSPS) is 23.5. The molecule has 1 aliphatic rings. The minimum Gasteiger partial charge on any atom is -0.374 e. The maximum absolute atomic E-state index is 5.99. The van der Waals surface area contributed by atoms with Gasteiger partial charge in [0.15, 0.2) is 0 Å². The molecule has 0 radical (unpaired) electrons. The lowest BCUT2D eigenvalue weighted by molar-refractivity contribution is -0.0303. The van der Waals surface area contributed by atoms with Crippen LogP contribution >= 0.6 is 0 Å². The van der Waals surface area contributed by atoms with Gasteiger partial charge < -0.3 is 4.74 Å². The van der Waals surface area contributed by atoms with Crippen LogP contribution in [0, 0.1) is 17.8 Å². The van der Waals surface area contributed by atoms with Crippen molar-refractivity contribution in [3.63, 3.8) is 0 Å². The fraction of sp³-hybridized carbons (Fsp3) is 0.529. The van der Waals surface area contributed by atoms with Gasteiger partial charge in [0.05, 0.1) is 12.2 Å². The van der Waals surface area contributed by atoms with E-state index >= 15 is 0 Å². The van der Waals surface area contributed by atoms with Gasteiger partial charge in [-0.05, 0) is 38.8 Å². The summed E-state index contributed by atoms with van der Waals surface area (Å²) in [6, 6.07) is 10.2. The van der Waals surface area contributed by atoms with Gasteiger partial charge in [0.25, 0.3) is 0 Å². The largest absolute Gasteiger partial charge is 0.374 e. The maximum Gasteiger partial charge on any atom is 0.0716 e. The molecule has 0 heterocycles. The zero-order chi connectivity index (χ0) is 12.8. The van der Waals surface area contributed by atoms with Crippen molar-refractivity contribution in [2.75, 3.05) is 0 Å². The summed E-state index contributed by atoms with van der Waals surface area (Å²) in [4.78, 5) is 0. The smallest absolute Gasteiger partial charge is 0.0716 e. The Kier molecular flexibility index (Phi) is 4.84. The highest BCUT2D eigenvalue weighted by atomic mass is 16.5. The molecule has 1 aliphatic carbocycles. The lowest BCUT2D eigenvalue weighted by Gasteiger charge is -2.29. The molecule has 0 saturated heterocycles. The predicted octanol–water partition coefficient (Wildman–Crippen LogP) is 4.02. The summed E-state index contributed by atoms with van der Waals surface area (Å²) in [6.45, 7) is 4.21. The monoisotopic (exact) mass is 242 g/mol. The van der Waals surface area contributed by atoms with E-state index in [-0.39, 0.29) is 0 Å². The molecule has 0 spiro atoms. The second-order valence-corrected chi connectivity index (χ2v) is 5.25. The van der Waals surface area contributed by atoms with Gasteiger partial charge >= 0.3 is 0 Å². The number of ether oxygens (including phenoxy) is 1. The lowest BCUT2D eigenvalue weighted by atomic mass is 9.86. The first-order chi connectivity index (χ1) is 8.75. The molecule has 1 saturated carbocycles. The maximum atomic E-state index is 5.99. The molecule has 2 atom stereocenters. The second kappa shape index (κ2) is 6.61. The van der Waals surface area contributed by atoms with Crippen LogP contribution in [0.2, 0.25) is 0 Å². The molecule has 18 heavy (non-hydrogen) atoms. The van der Waals surface area contributed by atoms with E-state index in [1.807, 2.05) is 18.2 Å². The summed E-state index contributed by atoms with van der Waals surface area (Å²) in [6.07, 6.45) is 5.53. The highest BCUT2D eigenvalue weighted by molar-refractivity contribution is 5.34. The predicted molar refractivity (Wildman–Crippen MR) is 75.3 cm³/mol. The van der Waals surface area contributed by atoms with Crippen LogP contribution in [-0.2, 0) is 4.74 Å². The lowest BCUT2D eigenvalue weighted by Crippen LogP contribution is -2.29. The van der Waals surface area contributed by atoms with E-state index in [0.29, 0.717) is 18.1 Å². The Morgan fingerprint density at radius 2 is 1.83 bits per heavy atom. The molecule has 0 aliphatic heterocycles. The third kappa shape index (κ3) is 3.89. The first-order valence-corrected chi connectivity index (χ1v) is 6.98. The molecule has 1 nitrogen and oxygen atoms in total. The third-order valence-corrected chi connectivity index (χ3v) is 3.33. The summed E-state index contributed by atoms with van der Waals surface area (Å²) >= 11 is 0. The quantitative estimate of drug-likeness (QED) is 0.712. The average molecular weight is 242 g/mol. The summed E-state index contributed by atoms with van der Waals surface area (Å²) in [5.74, 6) is 7.11. The first kappa shape index (κ1) is 13.2. The van der Waals surface area contributed by atoms with Gasteiger partial charge in [0.2, 0.25) is 0 Å². The Balaban J connectivity index is 2.03. The number of benzene rings is 1. The standard InChI is InChI=1S/C17H22O/c1-14(2)18-17-11-7-6-10-16(17)13-12-15-8-4-3-5-9-15/h3-5,8-9,14,16-17H,6-7,10-11H2,1-2H3/t16-,17+/m0/s1. The molecule has 1 heteroatoms. The molecule has 1 fully saturated rings. The van der Waals surface area contributed by atoms with E-state index in [1.165, 1.54) is 19.3 Å². The van der Waals surface area contributed by atoms with Crippen molar-refractivity contribution in [1.29, 1.82) is 0 Å². The van der Waals surface area contributed by atoms with Crippen molar-refractivity contribution in [2.24, 2.45) is 5.92 Å². The highest BCUT2D eigenvalue weighted by Crippen LogP contribution is 2.27. The zero-order valence-electron chi connectivity index (χ0n) is 11.4. The van der Waals surface area contributed by atoms with Crippen LogP contribution in [0.4, 0.5) is 0 Å². The van der Waals surface area contributed by atoms with Gasteiger partial charge in [-0.3, -0.25) is 0 Å². The third-order valence-electron chi connectivity index (χ3n) is 3.33. The van der Waals surface area contributed by atoms with Crippen molar-refractivity contribution in [2.45, 2.75) is 51.7 Å². The molecule has 2 rings (SSSR count). The van der Waals surface area contributed by atoms with E-state index in [4.69, 9.17) is 4.74 Å². The number of hydrogen-bond donors (Lipinski definition) is 0. The Morgan fingerprint density at radius 1 is 1.11 bits per heavy atom. The van der Waals surface area contributed by atoms with Gasteiger partial charge in [-0.15, -0.1) is 0 Å². The van der Waals surface area contributed by atoms with Crippen molar-refractivity contribution in [3.8, 4) is 11.8 Å². The molecule has 1 aromatic rings. The Labute approximate surface area is 111 Å². The van der Waals surface area contributed by atoms with E-state index in [0.717, 1.165) is 12.0 Å². The summed E-state index contributed by atoms with van der Waals surface area (Å²) in [5.41, 5.74) is 1.10. The molecule has 1 aromatic carbocycles. The van der Waals surface area contributed by atoms with Gasteiger partial charge in [0.1, 0.15) is 0 Å². The van der Waals surface area contributed by atoms with Crippen molar-refractivity contribution in [3.05, 3.63) is 35.9 Å². The minimum atomic E-state index is 0.300. The second-order valence-electron chi connectivity index (χ2n) is 5.25. The summed E-state index contributed by atoms with van der Waals surface area (Å²) in [7, 11) is 0. The Morgan fingerprint density at radius 3 is 2.56 bits per heavy atom. The van der Waals surface area contributed by atoms with Crippen LogP contribution in [0.5, 0.6) is 0 Å². The Hall–Kier alpha value is -1.26. The van der Waals surface area contributed by atoms with Crippen molar-refractivity contribution >= 4 is 0 Å². The highest BCUT2D eigenvalue weighted by Gasteiger charge is 2.24. The van der Waals surface area contributed by atoms with Gasteiger partial charge in [0, 0.05) is 11.5 Å². The van der Waals surface area contributed by atoms with E-state index in [1.54, 1.807) is 0 Å². The summed E-state index contributed by atoms with van der Waals surface area (Å²) in [5, 5.41) is 0. The molecule has 0 N–H and O–H groups in total. The van der Waals surface area contributed by atoms with Gasteiger partial charge in [-0.2, -0.15) is 0 Å². The molecule has 0 bridgehead atoms. The molecular weight excluding hydrogens is 220 g/mol. The van der Waals surface area contributed by atoms with E-state index in [2.05, 4.69) is 37.8 Å². The molecular formula is C17H22O. The van der Waals surface area contributed by atoms with Crippen LogP contribution in [-0.4, -0.2) is 12.2 Å². The van der Waals surface area contributed by atoms with Crippen LogP contribution in [0.1, 0.15) is 45.1 Å². The molecule has 0 aromatic heterocycles. The van der Waals surface area contributed by atoms with Gasteiger partial charge in [-0.25, -0.2) is 0 Å². The molecule has 0 unspecified atom stereocenters. The topological polar surface area (TPSA) is 9.23 Å². The van der Waals surface area contributed by atoms with Crippen LogP contribution in [0.15, 0.2) is 30.3 Å². The Bertz CT molecular complexity index is 410. The average Bonchev–Trinajstić information content (AvgIpc) is 2.38. The van der Waals surface area contributed by atoms with E-state index in [9.17, 15) is 0 Å². The van der Waals surface area contributed by atoms with Crippen molar-refractivity contribution < 1.29 is 4.74 Å². The fourth-order valence-corrected chi connectivity index (χ4v) is 2.47. The molecule has 0 amide bonds. The fourth-order valence-electron chi connectivity index (χ4n) is 2.47. The van der Waals surface area contributed by atoms with Crippen LogP contribution in [0.3, 0.4) is 0 Å². The number of hydrogen-bond acceptors (Lipinski definition) is 1. The van der Waals surface area contributed by atoms with Crippen LogP contribution < -0.4 is 0 Å². The van der Waals surface area contributed by atoms with Crippen LogP contribution in [0.25, 0.3) is 0 Å². The zero-order valence-corrected chi connectivity index (χ0v) is 11.4. The summed E-state index contributed by atoms with van der Waals surface area (Å²) < 4.78 is 5.99. The van der Waals surface area contributed by atoms with E-state index < -0.39 is 0 Å². The SMILES string of the molecule is CC(C)O[C@@H]1CCCC[C@H]1C#Cc1ccccc1.